The van der Waals surface area contributed by atoms with E-state index < -0.39 is 41.6 Å². The van der Waals surface area contributed by atoms with Gasteiger partial charge in [0.25, 0.3) is 0 Å². The molecular weight excluding hydrogens is 436 g/mol. The summed E-state index contributed by atoms with van der Waals surface area (Å²) in [6.45, 7) is 6.92. The highest BCUT2D eigenvalue weighted by Crippen LogP contribution is 2.10. The summed E-state index contributed by atoms with van der Waals surface area (Å²) in [5, 5.41) is 4.96. The van der Waals surface area contributed by atoms with Gasteiger partial charge >= 0.3 is 18.0 Å². The highest BCUT2D eigenvalue weighted by Gasteiger charge is 2.27. The maximum Gasteiger partial charge on any atom is 0.408 e. The number of carbonyl (C=O) groups is 4. The highest BCUT2D eigenvalue weighted by atomic mass is 32.1. The third kappa shape index (κ3) is 11.0. The fourth-order valence-electron chi connectivity index (χ4n) is 2.49. The van der Waals surface area contributed by atoms with Crippen LogP contribution < -0.4 is 10.6 Å². The van der Waals surface area contributed by atoms with Crippen molar-refractivity contribution < 1.29 is 33.4 Å². The molecule has 0 saturated heterocycles. The van der Waals surface area contributed by atoms with Crippen LogP contribution in [-0.2, 0) is 35.2 Å². The molecule has 0 saturated carbocycles. The Morgan fingerprint density at radius 2 is 1.59 bits per heavy atom. The Kier molecular flexibility index (Phi) is 11.6. The number of ether oxygens (including phenoxy) is 3. The summed E-state index contributed by atoms with van der Waals surface area (Å²) in [4.78, 5) is 48.9. The summed E-state index contributed by atoms with van der Waals surface area (Å²) in [5.41, 5.74) is 0.0139. The number of nitrogens with one attached hydrogen (secondary N) is 2. The molecule has 2 atom stereocenters. The minimum absolute atomic E-state index is 0.0168. The SMILES string of the molecule is CCOC(=O)C(CS)NC(=O)CCC(NC(=O)OC(C)(C)C)C(=O)OCc1ccccc1. The fraction of sp³-hybridized carbons (Fsp3) is 0.545. The molecule has 0 aliphatic rings. The van der Waals surface area contributed by atoms with E-state index in [0.29, 0.717) is 0 Å². The van der Waals surface area contributed by atoms with Crippen molar-refractivity contribution in [1.82, 2.24) is 10.6 Å². The maximum absolute atomic E-state index is 12.6. The van der Waals surface area contributed by atoms with Crippen molar-refractivity contribution in [2.75, 3.05) is 12.4 Å². The Hall–Kier alpha value is -2.75. The van der Waals surface area contributed by atoms with Gasteiger partial charge in [-0.1, -0.05) is 30.3 Å². The third-order valence-corrected chi connectivity index (χ3v) is 4.31. The van der Waals surface area contributed by atoms with E-state index in [1.165, 1.54) is 0 Å². The molecule has 2 unspecified atom stereocenters. The van der Waals surface area contributed by atoms with Crippen molar-refractivity contribution in [3.63, 3.8) is 0 Å². The molecule has 0 aliphatic heterocycles. The molecule has 0 aliphatic carbocycles. The van der Waals surface area contributed by atoms with Crippen LogP contribution in [0.3, 0.4) is 0 Å². The molecule has 178 valence electrons. The Balaban J connectivity index is 2.74. The first-order valence-electron chi connectivity index (χ1n) is 10.3. The van der Waals surface area contributed by atoms with Crippen LogP contribution in [0.2, 0.25) is 0 Å². The van der Waals surface area contributed by atoms with Gasteiger partial charge in [-0.15, -0.1) is 0 Å². The lowest BCUT2D eigenvalue weighted by Crippen LogP contribution is -2.46. The molecule has 1 aromatic carbocycles. The number of thiol groups is 1. The average Bonchev–Trinajstić information content (AvgIpc) is 2.72. The summed E-state index contributed by atoms with van der Waals surface area (Å²) >= 11 is 4.05. The lowest BCUT2D eigenvalue weighted by Gasteiger charge is -2.23. The normalized spacial score (nSPS) is 12.8. The van der Waals surface area contributed by atoms with E-state index >= 15 is 0 Å². The molecule has 2 amide bonds. The number of amides is 2. The summed E-state index contributed by atoms with van der Waals surface area (Å²) < 4.78 is 15.4. The zero-order chi connectivity index (χ0) is 24.1. The van der Waals surface area contributed by atoms with E-state index in [1.54, 1.807) is 39.8 Å². The zero-order valence-corrected chi connectivity index (χ0v) is 19.8. The number of alkyl carbamates (subject to hydrolysis) is 1. The molecule has 0 heterocycles. The van der Waals surface area contributed by atoms with Gasteiger partial charge in [-0.25, -0.2) is 14.4 Å². The number of esters is 2. The van der Waals surface area contributed by atoms with Crippen LogP contribution in [0.1, 0.15) is 46.1 Å². The molecule has 0 spiro atoms. The maximum atomic E-state index is 12.6. The quantitative estimate of drug-likeness (QED) is 0.259. The molecule has 2 N–H and O–H groups in total. The first kappa shape index (κ1) is 27.3. The van der Waals surface area contributed by atoms with Crippen molar-refractivity contribution in [2.45, 2.75) is 64.8 Å². The Morgan fingerprint density at radius 3 is 2.16 bits per heavy atom. The Labute approximate surface area is 194 Å². The van der Waals surface area contributed by atoms with E-state index in [9.17, 15) is 19.2 Å². The van der Waals surface area contributed by atoms with Gasteiger partial charge in [-0.2, -0.15) is 12.6 Å². The number of rotatable bonds is 11. The van der Waals surface area contributed by atoms with Crippen molar-refractivity contribution in [3.05, 3.63) is 35.9 Å². The van der Waals surface area contributed by atoms with Crippen LogP contribution >= 0.6 is 12.6 Å². The van der Waals surface area contributed by atoms with Gasteiger partial charge in [0.15, 0.2) is 0 Å². The molecule has 0 fully saturated rings. The largest absolute Gasteiger partial charge is 0.464 e. The average molecular weight is 469 g/mol. The third-order valence-electron chi connectivity index (χ3n) is 3.95. The lowest BCUT2D eigenvalue weighted by molar-refractivity contribution is -0.148. The summed E-state index contributed by atoms with van der Waals surface area (Å²) in [6, 6.07) is 7.03. The second-order valence-electron chi connectivity index (χ2n) is 7.89. The van der Waals surface area contributed by atoms with Crippen LogP contribution in [0.25, 0.3) is 0 Å². The smallest absolute Gasteiger partial charge is 0.408 e. The topological polar surface area (TPSA) is 120 Å². The van der Waals surface area contributed by atoms with Crippen LogP contribution in [0.4, 0.5) is 4.79 Å². The summed E-state index contributed by atoms with van der Waals surface area (Å²) in [6.07, 6.45) is -1.01. The first-order chi connectivity index (χ1) is 15.1. The molecule has 9 nitrogen and oxygen atoms in total. The van der Waals surface area contributed by atoms with Gasteiger partial charge in [0.1, 0.15) is 24.3 Å². The zero-order valence-electron chi connectivity index (χ0n) is 18.9. The van der Waals surface area contributed by atoms with E-state index in [1.807, 2.05) is 18.2 Å². The molecular formula is C22H32N2O7S. The Bertz CT molecular complexity index is 765. The van der Waals surface area contributed by atoms with Gasteiger partial charge in [0.2, 0.25) is 5.91 Å². The summed E-state index contributed by atoms with van der Waals surface area (Å²) in [5.74, 6) is -1.74. The number of carbonyl (C=O) groups excluding carboxylic acids is 4. The van der Waals surface area contributed by atoms with Gasteiger partial charge in [0, 0.05) is 12.2 Å². The fourth-order valence-corrected chi connectivity index (χ4v) is 2.73. The second kappa shape index (κ2) is 13.6. The van der Waals surface area contributed by atoms with Gasteiger partial charge in [0.05, 0.1) is 6.61 Å². The van der Waals surface area contributed by atoms with E-state index in [2.05, 4.69) is 23.3 Å². The minimum Gasteiger partial charge on any atom is -0.464 e. The molecule has 0 bridgehead atoms. The van der Waals surface area contributed by atoms with Crippen LogP contribution in [-0.4, -0.2) is 54.0 Å². The van der Waals surface area contributed by atoms with E-state index in [0.717, 1.165) is 5.56 Å². The molecule has 0 radical (unpaired) electrons. The molecule has 32 heavy (non-hydrogen) atoms. The molecule has 10 heteroatoms. The molecule has 0 aromatic heterocycles. The van der Waals surface area contributed by atoms with Crippen molar-refractivity contribution in [3.8, 4) is 0 Å². The van der Waals surface area contributed by atoms with E-state index in [4.69, 9.17) is 14.2 Å². The monoisotopic (exact) mass is 468 g/mol. The first-order valence-corrected chi connectivity index (χ1v) is 11.0. The van der Waals surface area contributed by atoms with Crippen LogP contribution in [0.5, 0.6) is 0 Å². The standard InChI is InChI=1S/C22H32N2O7S/c1-5-29-20(27)17(14-32)23-18(25)12-11-16(24-21(28)31-22(2,3)4)19(26)30-13-15-9-7-6-8-10-15/h6-10,16-17,32H,5,11-14H2,1-4H3,(H,23,25)(H,24,28). The highest BCUT2D eigenvalue weighted by molar-refractivity contribution is 7.80. The van der Waals surface area contributed by atoms with Gasteiger partial charge in [-0.05, 0) is 39.7 Å². The van der Waals surface area contributed by atoms with Crippen molar-refractivity contribution in [1.29, 1.82) is 0 Å². The number of hydrogen-bond donors (Lipinski definition) is 3. The van der Waals surface area contributed by atoms with Crippen LogP contribution in [0, 0.1) is 0 Å². The predicted octanol–water partition coefficient (Wildman–Crippen LogP) is 2.38. The predicted molar refractivity (Wildman–Crippen MR) is 121 cm³/mol. The minimum atomic E-state index is -1.11. The Morgan fingerprint density at radius 1 is 0.969 bits per heavy atom. The molecule has 1 aromatic rings. The van der Waals surface area contributed by atoms with Gasteiger partial charge in [-0.3, -0.25) is 4.79 Å². The second-order valence-corrected chi connectivity index (χ2v) is 8.25. The van der Waals surface area contributed by atoms with Crippen molar-refractivity contribution in [2.24, 2.45) is 0 Å². The molecule has 1 rings (SSSR count). The number of benzene rings is 1. The number of hydrogen-bond acceptors (Lipinski definition) is 8. The van der Waals surface area contributed by atoms with Gasteiger partial charge < -0.3 is 24.8 Å². The van der Waals surface area contributed by atoms with Crippen molar-refractivity contribution >= 4 is 36.6 Å². The lowest BCUT2D eigenvalue weighted by atomic mass is 10.1. The van der Waals surface area contributed by atoms with Crippen LogP contribution in [0.15, 0.2) is 30.3 Å². The summed E-state index contributed by atoms with van der Waals surface area (Å²) in [7, 11) is 0. The van der Waals surface area contributed by atoms with E-state index in [-0.39, 0.29) is 31.8 Å².